The van der Waals surface area contributed by atoms with Crippen LogP contribution in [0.15, 0.2) is 4.99 Å². The number of hydrogen-bond acceptors (Lipinski definition) is 4. The maximum absolute atomic E-state index is 11.8. The van der Waals surface area contributed by atoms with E-state index in [9.17, 15) is 4.79 Å². The molecule has 1 fully saturated rings. The first-order chi connectivity index (χ1) is 10.2. The van der Waals surface area contributed by atoms with E-state index in [4.69, 9.17) is 9.47 Å². The van der Waals surface area contributed by atoms with Gasteiger partial charge in [0.15, 0.2) is 5.96 Å². The van der Waals surface area contributed by atoms with Crippen molar-refractivity contribution in [2.75, 3.05) is 40.9 Å². The number of aliphatic imine (C=N–C) groups is 1. The van der Waals surface area contributed by atoms with Gasteiger partial charge in [0.1, 0.15) is 0 Å². The molecular weight excluding hydrogens is 409 g/mol. The quantitative estimate of drug-likeness (QED) is 0.313. The van der Waals surface area contributed by atoms with E-state index in [0.717, 1.165) is 12.5 Å². The molecule has 0 aromatic rings. The van der Waals surface area contributed by atoms with Crippen LogP contribution in [-0.2, 0) is 14.3 Å². The van der Waals surface area contributed by atoms with Crippen molar-refractivity contribution in [2.45, 2.75) is 33.8 Å². The van der Waals surface area contributed by atoms with Crippen LogP contribution < -0.4 is 5.32 Å². The van der Waals surface area contributed by atoms with Crippen molar-refractivity contribution in [2.24, 2.45) is 22.2 Å². The van der Waals surface area contributed by atoms with Gasteiger partial charge in [-0.25, -0.2) is 0 Å². The lowest BCUT2D eigenvalue weighted by Gasteiger charge is -2.31. The third-order valence-electron chi connectivity index (χ3n) is 4.32. The average Bonchev–Trinajstić information content (AvgIpc) is 2.83. The van der Waals surface area contributed by atoms with Gasteiger partial charge in [-0.05, 0) is 11.3 Å². The van der Waals surface area contributed by atoms with E-state index >= 15 is 0 Å². The molecule has 0 radical (unpaired) electrons. The normalized spacial score (nSPS) is 23.3. The minimum atomic E-state index is -0.144. The maximum Gasteiger partial charge on any atom is 0.310 e. The predicted molar refractivity (Wildman–Crippen MR) is 103 cm³/mol. The Bertz CT molecular complexity index is 410. The molecule has 23 heavy (non-hydrogen) atoms. The minimum absolute atomic E-state index is 0. The van der Waals surface area contributed by atoms with Gasteiger partial charge in [-0.2, -0.15) is 0 Å². The van der Waals surface area contributed by atoms with Crippen LogP contribution in [0.3, 0.4) is 0 Å². The van der Waals surface area contributed by atoms with E-state index < -0.39 is 0 Å². The fraction of sp³-hybridized carbons (Fsp3) is 0.875. The van der Waals surface area contributed by atoms with Crippen LogP contribution in [0.2, 0.25) is 0 Å². The highest BCUT2D eigenvalue weighted by Crippen LogP contribution is 2.24. The molecule has 0 aromatic heterocycles. The van der Waals surface area contributed by atoms with Crippen LogP contribution in [0.4, 0.5) is 0 Å². The third-order valence-corrected chi connectivity index (χ3v) is 4.32. The zero-order chi connectivity index (χ0) is 16.9. The van der Waals surface area contributed by atoms with Crippen LogP contribution >= 0.6 is 24.0 Å². The number of rotatable bonds is 4. The van der Waals surface area contributed by atoms with Gasteiger partial charge in [-0.1, -0.05) is 27.7 Å². The number of halogens is 1. The van der Waals surface area contributed by atoms with Crippen molar-refractivity contribution in [3.63, 3.8) is 0 Å². The summed E-state index contributed by atoms with van der Waals surface area (Å²) in [4.78, 5) is 18.2. The summed E-state index contributed by atoms with van der Waals surface area (Å²) >= 11 is 0. The zero-order valence-electron chi connectivity index (χ0n) is 15.4. The second kappa shape index (κ2) is 9.66. The summed E-state index contributed by atoms with van der Waals surface area (Å²) in [6, 6.07) is 0. The van der Waals surface area contributed by atoms with Gasteiger partial charge in [-0.3, -0.25) is 9.79 Å². The number of guanidine groups is 1. The monoisotopic (exact) mass is 441 g/mol. The molecule has 3 unspecified atom stereocenters. The SMILES string of the molecule is CN=C(NCC(OC)C(C)(C)C)N1CC(C)C(C(=O)OC)C1.I. The summed E-state index contributed by atoms with van der Waals surface area (Å²) in [6.07, 6.45) is 0.0840. The molecule has 6 nitrogen and oxygen atoms in total. The lowest BCUT2D eigenvalue weighted by molar-refractivity contribution is -0.145. The molecule has 1 saturated heterocycles. The zero-order valence-corrected chi connectivity index (χ0v) is 17.7. The second-order valence-electron chi connectivity index (χ2n) is 7.03. The van der Waals surface area contributed by atoms with Crippen molar-refractivity contribution in [1.82, 2.24) is 10.2 Å². The minimum Gasteiger partial charge on any atom is -0.469 e. The summed E-state index contributed by atoms with van der Waals surface area (Å²) < 4.78 is 10.4. The molecule has 3 atom stereocenters. The molecule has 1 heterocycles. The van der Waals surface area contributed by atoms with Crippen molar-refractivity contribution in [1.29, 1.82) is 0 Å². The van der Waals surface area contributed by atoms with Gasteiger partial charge in [0, 0.05) is 33.8 Å². The smallest absolute Gasteiger partial charge is 0.310 e. The van der Waals surface area contributed by atoms with Gasteiger partial charge in [-0.15, -0.1) is 24.0 Å². The van der Waals surface area contributed by atoms with E-state index in [1.807, 2.05) is 0 Å². The number of esters is 1. The summed E-state index contributed by atoms with van der Waals surface area (Å²) in [5, 5.41) is 3.37. The van der Waals surface area contributed by atoms with E-state index in [1.165, 1.54) is 7.11 Å². The molecular formula is C16H32IN3O3. The van der Waals surface area contributed by atoms with E-state index in [-0.39, 0.29) is 53.3 Å². The van der Waals surface area contributed by atoms with Gasteiger partial charge in [0.25, 0.3) is 0 Å². The summed E-state index contributed by atoms with van der Waals surface area (Å²) in [5.41, 5.74) is 0.0491. The highest BCUT2D eigenvalue weighted by molar-refractivity contribution is 14.0. The van der Waals surface area contributed by atoms with Gasteiger partial charge in [0.2, 0.25) is 0 Å². The third kappa shape index (κ3) is 6.10. The number of hydrogen-bond donors (Lipinski definition) is 1. The lowest BCUT2D eigenvalue weighted by atomic mass is 9.89. The Morgan fingerprint density at radius 2 is 1.96 bits per heavy atom. The number of carbonyl (C=O) groups excluding carboxylic acids is 1. The van der Waals surface area contributed by atoms with Gasteiger partial charge < -0.3 is 19.7 Å². The Labute approximate surface area is 157 Å². The number of nitrogens with one attached hydrogen (secondary N) is 1. The molecule has 0 amide bonds. The van der Waals surface area contributed by atoms with Crippen molar-refractivity contribution in [3.05, 3.63) is 0 Å². The predicted octanol–water partition coefficient (Wildman–Crippen LogP) is 1.98. The van der Waals surface area contributed by atoms with Crippen LogP contribution in [0.1, 0.15) is 27.7 Å². The molecule has 0 aromatic carbocycles. The Balaban J connectivity index is 0.00000484. The Morgan fingerprint density at radius 3 is 2.39 bits per heavy atom. The molecule has 0 spiro atoms. The molecule has 1 aliphatic rings. The molecule has 0 saturated carbocycles. The van der Waals surface area contributed by atoms with Crippen molar-refractivity contribution in [3.8, 4) is 0 Å². The average molecular weight is 441 g/mol. The number of nitrogens with zero attached hydrogens (tertiary/aromatic N) is 2. The van der Waals surface area contributed by atoms with Crippen LogP contribution in [0.25, 0.3) is 0 Å². The standard InChI is InChI=1S/C16H31N3O3.HI/c1-11-9-19(10-12(11)14(20)22-7)15(17-5)18-8-13(21-6)16(2,3)4;/h11-13H,8-10H2,1-7H3,(H,17,18);1H. The molecule has 0 bridgehead atoms. The topological polar surface area (TPSA) is 63.2 Å². The second-order valence-corrected chi connectivity index (χ2v) is 7.03. The molecule has 0 aliphatic carbocycles. The summed E-state index contributed by atoms with van der Waals surface area (Å²) in [6.45, 7) is 10.6. The first kappa shape index (κ1) is 22.4. The Kier molecular flexibility index (Phi) is 9.42. The van der Waals surface area contributed by atoms with Crippen LogP contribution in [0, 0.1) is 17.3 Å². The van der Waals surface area contributed by atoms with E-state index in [2.05, 4.69) is 42.9 Å². The molecule has 1 N–H and O–H groups in total. The molecule has 1 aliphatic heterocycles. The highest BCUT2D eigenvalue weighted by atomic mass is 127. The Hall–Kier alpha value is -0.570. The van der Waals surface area contributed by atoms with Gasteiger partial charge in [0.05, 0.1) is 19.1 Å². The van der Waals surface area contributed by atoms with Crippen LogP contribution in [-0.4, -0.2) is 63.8 Å². The van der Waals surface area contributed by atoms with Crippen molar-refractivity contribution < 1.29 is 14.3 Å². The lowest BCUT2D eigenvalue weighted by Crippen LogP contribution is -2.46. The highest BCUT2D eigenvalue weighted by Gasteiger charge is 2.37. The fourth-order valence-electron chi connectivity index (χ4n) is 2.86. The first-order valence-corrected chi connectivity index (χ1v) is 7.80. The van der Waals surface area contributed by atoms with Crippen molar-refractivity contribution >= 4 is 35.9 Å². The number of methoxy groups -OCH3 is 2. The van der Waals surface area contributed by atoms with E-state index in [0.29, 0.717) is 13.1 Å². The molecule has 7 heteroatoms. The largest absolute Gasteiger partial charge is 0.469 e. The number of likely N-dealkylation sites (tertiary alicyclic amines) is 1. The fourth-order valence-corrected chi connectivity index (χ4v) is 2.86. The summed E-state index contributed by atoms with van der Waals surface area (Å²) in [7, 11) is 4.93. The number of ether oxygens (including phenoxy) is 2. The molecule has 1 rings (SSSR count). The molecule has 136 valence electrons. The Morgan fingerprint density at radius 1 is 1.35 bits per heavy atom. The van der Waals surface area contributed by atoms with E-state index in [1.54, 1.807) is 14.2 Å². The maximum atomic E-state index is 11.8. The summed E-state index contributed by atoms with van der Waals surface area (Å²) in [5.74, 6) is 0.829. The van der Waals surface area contributed by atoms with Crippen LogP contribution in [0.5, 0.6) is 0 Å². The van der Waals surface area contributed by atoms with Gasteiger partial charge >= 0.3 is 5.97 Å². The first-order valence-electron chi connectivity index (χ1n) is 7.80. The number of carbonyl (C=O) groups is 1.